The van der Waals surface area contributed by atoms with Gasteiger partial charge in [-0.1, -0.05) is 239 Å². The molecule has 3 aliphatic rings. The number of anilines is 1. The number of aliphatic hydroxyl groups excluding tert-OH is 5. The summed E-state index contributed by atoms with van der Waals surface area (Å²) in [5.74, 6) is 4.07. The number of hydrogen-bond donors (Lipinski definition) is 10. The average Bonchev–Trinajstić information content (AvgIpc) is 1.50. The molecule has 22 heteroatoms. The fourth-order valence-corrected chi connectivity index (χ4v) is 14.0. The number of primary amides is 1. The monoisotopic (exact) mass is 1410 g/mol. The van der Waals surface area contributed by atoms with Gasteiger partial charge in [0.2, 0.25) is 5.91 Å². The minimum Gasteiger partial charge on any atom is -0.460 e. The van der Waals surface area contributed by atoms with Crippen molar-refractivity contribution in [1.29, 1.82) is 0 Å². The van der Waals surface area contributed by atoms with Gasteiger partial charge in [0.15, 0.2) is 6.29 Å². The van der Waals surface area contributed by atoms with Gasteiger partial charge in [-0.25, -0.2) is 19.3 Å². The quantitative estimate of drug-likeness (QED) is 0.00952. The number of rotatable bonds is 56. The number of carbonyl (C=O) groups is 6. The maximum absolute atomic E-state index is 15.9. The van der Waals surface area contributed by atoms with E-state index in [-0.39, 0.29) is 44.8 Å². The van der Waals surface area contributed by atoms with E-state index in [9.17, 15) is 44.7 Å². The Kier molecular flexibility index (Phi) is 45.9. The second kappa shape index (κ2) is 52.6. The molecule has 2 aliphatic carbocycles. The third kappa shape index (κ3) is 35.3. The number of benzene rings is 1. The van der Waals surface area contributed by atoms with Crippen LogP contribution >= 0.6 is 0 Å². The second-order valence-corrected chi connectivity index (χ2v) is 29.0. The van der Waals surface area contributed by atoms with Crippen LogP contribution in [0.3, 0.4) is 0 Å². The Bertz CT molecular complexity index is 2450. The van der Waals surface area contributed by atoms with Crippen LogP contribution in [0.5, 0.6) is 0 Å². The molecule has 0 radical (unpaired) electrons. The number of carbonyl (C=O) groups excluding carboxylic acids is 6. The van der Waals surface area contributed by atoms with Gasteiger partial charge >= 0.3 is 24.2 Å². The maximum atomic E-state index is 15.9. The first kappa shape index (κ1) is 87.1. The van der Waals surface area contributed by atoms with Gasteiger partial charge < -0.3 is 76.6 Å². The van der Waals surface area contributed by atoms with Gasteiger partial charge in [0, 0.05) is 31.5 Å². The molecule has 0 aromatic heterocycles. The number of nitrogen functional groups attached to an aromatic ring is 1. The molecule has 1 saturated carbocycles. The van der Waals surface area contributed by atoms with Crippen molar-refractivity contribution in [3.8, 4) is 11.8 Å². The molecular formula is C78H134N6O16. The number of aliphatic hydroxyl groups is 5. The molecule has 2 unspecified atom stereocenters. The van der Waals surface area contributed by atoms with Crippen molar-refractivity contribution >= 4 is 41.7 Å². The molecule has 6 amide bonds. The second-order valence-electron chi connectivity index (χ2n) is 29.0. The molecule has 1 heterocycles. The van der Waals surface area contributed by atoms with Crippen LogP contribution < -0.4 is 27.4 Å². The molecule has 1 saturated heterocycles. The smallest absolute Gasteiger partial charge is 0.417 e. The molecular weight excluding hydrogens is 1280 g/mol. The molecule has 22 nitrogen and oxygen atoms in total. The summed E-state index contributed by atoms with van der Waals surface area (Å²) in [6.45, 7) is 5.73. The summed E-state index contributed by atoms with van der Waals surface area (Å²) in [5, 5.41) is 64.1. The number of nitrogens with one attached hydrogen (secondary N) is 3. The molecule has 12 atom stereocenters. The Labute approximate surface area is 599 Å². The Morgan fingerprint density at radius 1 is 0.630 bits per heavy atom. The molecule has 4 rings (SSSR count). The van der Waals surface area contributed by atoms with Crippen molar-refractivity contribution in [2.45, 2.75) is 359 Å². The van der Waals surface area contributed by atoms with Crippen molar-refractivity contribution in [3.63, 3.8) is 0 Å². The summed E-state index contributed by atoms with van der Waals surface area (Å²) in [4.78, 5) is 86.0. The zero-order valence-electron chi connectivity index (χ0n) is 61.7. The number of esters is 1. The van der Waals surface area contributed by atoms with Crippen molar-refractivity contribution in [2.24, 2.45) is 29.4 Å². The summed E-state index contributed by atoms with van der Waals surface area (Å²) < 4.78 is 29.7. The third-order valence-corrected chi connectivity index (χ3v) is 20.3. The molecule has 572 valence electrons. The van der Waals surface area contributed by atoms with E-state index in [4.69, 9.17) is 35.2 Å². The zero-order chi connectivity index (χ0) is 72.7. The predicted octanol–water partition coefficient (Wildman–Crippen LogP) is 13.0. The Morgan fingerprint density at radius 2 is 1.12 bits per heavy atom. The minimum atomic E-state index is -1.97. The predicted molar refractivity (Wildman–Crippen MR) is 389 cm³/mol. The standard InChI is InChI=1S/C78H134N6O16/c1-5-7-9-11-13-15-17-19-20-21-22-23-24-25-26-27-29-31-33-35-41-47-67(86)99-65(46-40-34-32-30-28-18-16-14-12-10-8-6-2)69(87)64(56-96-75-72(90)71(89)70(88)66(53-85)100-75)84(78(95)98-54-58-48-50-59(79)51-49-58)74(92)63(45-42-52-81-76(80)93)82-73(91)68(57(3)4)83-77(94)97-55-62-60-43-38-36-37-39-44-61(60)62/h48-51,57,60-66,68-72,75,85,87-90H,5-35,38-47,52-56,79H2,1-4H3,(H,82,91)(H,83,94)(H3,80,81,93)/t60?,61?,62?,63-,64-,65+,66+,68-,69-,70-,71-,72+,75-/m0/s1. The number of alkyl carbamates (subject to hydrolysis) is 1. The summed E-state index contributed by atoms with van der Waals surface area (Å²) >= 11 is 0. The van der Waals surface area contributed by atoms with Crippen LogP contribution in [0.2, 0.25) is 0 Å². The van der Waals surface area contributed by atoms with Crippen molar-refractivity contribution in [1.82, 2.24) is 20.9 Å². The number of nitrogens with two attached hydrogens (primary N) is 2. The summed E-state index contributed by atoms with van der Waals surface area (Å²) in [6.07, 6.45) is 26.5. The number of ether oxygens (including phenoxy) is 5. The highest BCUT2D eigenvalue weighted by Crippen LogP contribution is 2.52. The molecule has 12 N–H and O–H groups in total. The summed E-state index contributed by atoms with van der Waals surface area (Å²) in [7, 11) is 0. The van der Waals surface area contributed by atoms with Crippen LogP contribution in [0.4, 0.5) is 20.1 Å². The van der Waals surface area contributed by atoms with Gasteiger partial charge in [0.1, 0.15) is 55.3 Å². The number of nitrogens with zero attached hydrogens (tertiary/aromatic N) is 1. The summed E-state index contributed by atoms with van der Waals surface area (Å²) in [5.41, 5.74) is 12.3. The van der Waals surface area contributed by atoms with E-state index in [1.165, 1.54) is 135 Å². The van der Waals surface area contributed by atoms with Crippen LogP contribution in [0, 0.1) is 35.5 Å². The first-order chi connectivity index (χ1) is 48.4. The topological polar surface area (TPSA) is 341 Å². The van der Waals surface area contributed by atoms with Crippen LogP contribution in [0.15, 0.2) is 24.3 Å². The molecule has 0 bridgehead atoms. The molecule has 100 heavy (non-hydrogen) atoms. The van der Waals surface area contributed by atoms with Gasteiger partial charge in [-0.3, -0.25) is 14.4 Å². The highest BCUT2D eigenvalue weighted by atomic mass is 16.7. The zero-order valence-corrected chi connectivity index (χ0v) is 61.7. The highest BCUT2D eigenvalue weighted by molar-refractivity contribution is 5.98. The van der Waals surface area contributed by atoms with Crippen LogP contribution in [-0.2, 0) is 44.7 Å². The summed E-state index contributed by atoms with van der Waals surface area (Å²) in [6, 6.07) is 0.627. The van der Waals surface area contributed by atoms with Gasteiger partial charge in [0.05, 0.1) is 25.9 Å². The minimum absolute atomic E-state index is 0.0160. The van der Waals surface area contributed by atoms with E-state index in [1.807, 2.05) is 0 Å². The fourth-order valence-electron chi connectivity index (χ4n) is 14.0. The number of fused-ring (bicyclic) bond motifs is 1. The lowest BCUT2D eigenvalue weighted by Crippen LogP contribution is -2.63. The molecule has 1 aromatic rings. The number of imide groups is 1. The number of amides is 6. The van der Waals surface area contributed by atoms with Crippen molar-refractivity contribution < 1.29 is 78.0 Å². The fraction of sp³-hybridized carbons (Fsp3) is 0.821. The third-order valence-electron chi connectivity index (χ3n) is 20.3. The van der Waals surface area contributed by atoms with Gasteiger partial charge in [-0.05, 0) is 86.3 Å². The van der Waals surface area contributed by atoms with E-state index in [0.717, 1.165) is 83.5 Å². The largest absolute Gasteiger partial charge is 0.460 e. The van der Waals surface area contributed by atoms with E-state index in [1.54, 1.807) is 38.1 Å². The highest BCUT2D eigenvalue weighted by Gasteiger charge is 2.50. The molecule has 0 spiro atoms. The van der Waals surface area contributed by atoms with Gasteiger partial charge in [-0.2, -0.15) is 0 Å². The SMILES string of the molecule is CCCCCCCCCCCCCCCCCCCCCCCC(=O)O[C@H](CCCCCCCCCCCCCC)[C@@H](O)[C@H](CO[C@H]1O[C@H](CO)[C@H](O)[C@H](O)[C@H]1O)N(C(=O)OCc1ccc(N)cc1)C(=O)[C@H](CCCNC(N)=O)NC(=O)[C@@H](NC(=O)OCC1C2CCC#CCCC21)C(C)C. The van der Waals surface area contributed by atoms with Crippen LogP contribution in [0.1, 0.15) is 297 Å². The van der Waals surface area contributed by atoms with Crippen molar-refractivity contribution in [2.75, 3.05) is 32.1 Å². The maximum Gasteiger partial charge on any atom is 0.417 e. The first-order valence-electron chi connectivity index (χ1n) is 39.3. The van der Waals surface area contributed by atoms with Crippen molar-refractivity contribution in [3.05, 3.63) is 29.8 Å². The Hall–Kier alpha value is -5.28. The van der Waals surface area contributed by atoms with E-state index >= 15 is 9.59 Å². The number of unbranched alkanes of at least 4 members (excludes halogenated alkanes) is 31. The molecule has 1 aromatic carbocycles. The average molecular weight is 1410 g/mol. The number of urea groups is 1. The van der Waals surface area contributed by atoms with Crippen LogP contribution in [0.25, 0.3) is 0 Å². The first-order valence-corrected chi connectivity index (χ1v) is 39.3. The Morgan fingerprint density at radius 3 is 1.60 bits per heavy atom. The van der Waals surface area contributed by atoms with Crippen LogP contribution in [-0.4, -0.2) is 154 Å². The lowest BCUT2D eigenvalue weighted by atomic mass is 9.96. The van der Waals surface area contributed by atoms with E-state index < -0.39 is 123 Å². The normalized spacial score (nSPS) is 21.0. The van der Waals surface area contributed by atoms with E-state index in [2.05, 4.69) is 41.6 Å². The lowest BCUT2D eigenvalue weighted by Gasteiger charge is -2.41. The molecule has 1 aliphatic heterocycles. The van der Waals surface area contributed by atoms with E-state index in [0.29, 0.717) is 47.2 Å². The number of hydrogen-bond acceptors (Lipinski definition) is 17. The molecule has 2 fully saturated rings. The van der Waals surface area contributed by atoms with Gasteiger partial charge in [0.25, 0.3) is 5.91 Å². The van der Waals surface area contributed by atoms with Gasteiger partial charge in [-0.15, -0.1) is 11.8 Å². The lowest BCUT2D eigenvalue weighted by molar-refractivity contribution is -0.304. The Balaban J connectivity index is 1.59.